The third kappa shape index (κ3) is 3.96. The van der Waals surface area contributed by atoms with Crippen LogP contribution in [0.1, 0.15) is 0 Å². The molecule has 14 heavy (non-hydrogen) atoms. The van der Waals surface area contributed by atoms with Crippen molar-refractivity contribution in [2.45, 2.75) is 0 Å². The Balaban J connectivity index is 4.56. The Morgan fingerprint density at radius 3 is 1.57 bits per heavy atom. The quantitative estimate of drug-likeness (QED) is 0.394. The Hall–Kier alpha value is -2.24. The number of aliphatic hydroxyl groups excluding tert-OH is 1. The van der Waals surface area contributed by atoms with E-state index in [1.54, 1.807) is 0 Å². The van der Waals surface area contributed by atoms with E-state index in [4.69, 9.17) is 10.2 Å². The average molecular weight is 200 g/mol. The molecule has 0 fully saturated rings. The average Bonchev–Trinajstić information content (AvgIpc) is 2.16. The predicted molar refractivity (Wildman–Crippen MR) is 44.9 cm³/mol. The van der Waals surface area contributed by atoms with Crippen LogP contribution in [0.25, 0.3) is 0 Å². The maximum Gasteiger partial charge on any atom is 0.380 e. The van der Waals surface area contributed by atoms with Gasteiger partial charge in [0.05, 0.1) is 0 Å². The van der Waals surface area contributed by atoms with E-state index >= 15 is 0 Å². The highest BCUT2D eigenvalue weighted by molar-refractivity contribution is 5.84. The Bertz CT molecular complexity index is 273. The highest BCUT2D eigenvalue weighted by atomic mass is 16.7. The Labute approximate surface area is 79.4 Å². The van der Waals surface area contributed by atoms with E-state index in [1.165, 1.54) is 0 Å². The van der Waals surface area contributed by atoms with Gasteiger partial charge in [0.1, 0.15) is 0 Å². The van der Waals surface area contributed by atoms with E-state index in [0.717, 1.165) is 12.2 Å². The van der Waals surface area contributed by atoms with Gasteiger partial charge in [-0.2, -0.15) is 0 Å². The molecule has 6 nitrogen and oxygen atoms in total. The number of aliphatic hydroxyl groups is 2. The standard InChI is InChI=1S/C8H8O6/c1-3-5(9)13-8(7(11)12)14-6(10)4-2/h3-4,11-12H,1-2H2. The number of hydrogen-bond acceptors (Lipinski definition) is 6. The second-order valence-corrected chi connectivity index (χ2v) is 1.86. The molecule has 0 amide bonds. The van der Waals surface area contributed by atoms with E-state index in [0.29, 0.717) is 0 Å². The van der Waals surface area contributed by atoms with E-state index in [2.05, 4.69) is 22.6 Å². The highest BCUT2D eigenvalue weighted by Crippen LogP contribution is 2.05. The van der Waals surface area contributed by atoms with Crippen LogP contribution < -0.4 is 0 Å². The lowest BCUT2D eigenvalue weighted by atomic mass is 10.6. The number of carbonyl (C=O) groups is 2. The van der Waals surface area contributed by atoms with Crippen LogP contribution in [0.4, 0.5) is 0 Å². The third-order valence-electron chi connectivity index (χ3n) is 0.902. The monoisotopic (exact) mass is 200 g/mol. The topological polar surface area (TPSA) is 93.1 Å². The minimum atomic E-state index is -1.43. The second kappa shape index (κ2) is 5.41. The van der Waals surface area contributed by atoms with Crippen LogP contribution in [-0.4, -0.2) is 22.2 Å². The normalized spacial score (nSPS) is 8.29. The van der Waals surface area contributed by atoms with Gasteiger partial charge in [0, 0.05) is 12.2 Å². The molecule has 0 aliphatic carbocycles. The fourth-order valence-electron chi connectivity index (χ4n) is 0.378. The molecule has 0 spiro atoms. The van der Waals surface area contributed by atoms with Crippen molar-refractivity contribution in [2.75, 3.05) is 0 Å². The molecule has 0 saturated heterocycles. The molecule has 0 aromatic carbocycles. The van der Waals surface area contributed by atoms with Crippen LogP contribution in [0.3, 0.4) is 0 Å². The van der Waals surface area contributed by atoms with Gasteiger partial charge in [0.25, 0.3) is 0 Å². The van der Waals surface area contributed by atoms with Gasteiger partial charge in [0.2, 0.25) is 0 Å². The molecular formula is C8H8O6. The van der Waals surface area contributed by atoms with Gasteiger partial charge in [-0.1, -0.05) is 13.2 Å². The van der Waals surface area contributed by atoms with Crippen molar-refractivity contribution in [2.24, 2.45) is 0 Å². The molecule has 0 atom stereocenters. The van der Waals surface area contributed by atoms with Crippen molar-refractivity contribution >= 4 is 11.9 Å². The van der Waals surface area contributed by atoms with Crippen LogP contribution >= 0.6 is 0 Å². The predicted octanol–water partition coefficient (Wildman–Crippen LogP) is 0.687. The highest BCUT2D eigenvalue weighted by Gasteiger charge is 2.14. The lowest BCUT2D eigenvalue weighted by molar-refractivity contribution is -0.150. The first-order valence-corrected chi connectivity index (χ1v) is 3.32. The molecule has 0 aromatic rings. The summed E-state index contributed by atoms with van der Waals surface area (Å²) in [5, 5.41) is 17.0. The van der Waals surface area contributed by atoms with Crippen molar-refractivity contribution in [3.05, 3.63) is 37.2 Å². The lowest BCUT2D eigenvalue weighted by Gasteiger charge is -2.04. The summed E-state index contributed by atoms with van der Waals surface area (Å²) in [5.41, 5.74) is 0. The fourth-order valence-corrected chi connectivity index (χ4v) is 0.378. The summed E-state index contributed by atoms with van der Waals surface area (Å²) < 4.78 is 8.33. The SMILES string of the molecule is C=CC(=O)OC(OC(=O)C=C)=C(O)O. The summed E-state index contributed by atoms with van der Waals surface area (Å²) in [6, 6.07) is 0. The van der Waals surface area contributed by atoms with E-state index in [-0.39, 0.29) is 0 Å². The van der Waals surface area contributed by atoms with Crippen molar-refractivity contribution in [3.8, 4) is 0 Å². The number of esters is 2. The van der Waals surface area contributed by atoms with Crippen LogP contribution in [0, 0.1) is 0 Å². The summed E-state index contributed by atoms with van der Waals surface area (Å²) in [7, 11) is 0. The largest absolute Gasteiger partial charge is 0.476 e. The number of rotatable bonds is 4. The van der Waals surface area contributed by atoms with Gasteiger partial charge >= 0.3 is 23.8 Å². The molecule has 76 valence electrons. The Kier molecular flexibility index (Phi) is 4.55. The van der Waals surface area contributed by atoms with E-state index in [1.807, 2.05) is 0 Å². The zero-order valence-electron chi connectivity index (χ0n) is 7.10. The molecular weight excluding hydrogens is 192 g/mol. The maximum atomic E-state index is 10.6. The van der Waals surface area contributed by atoms with Crippen LogP contribution in [0.5, 0.6) is 0 Å². The molecule has 0 radical (unpaired) electrons. The summed E-state index contributed by atoms with van der Waals surface area (Å²) in [6.07, 6.45) is 1.51. The molecule has 0 unspecified atom stereocenters. The molecule has 6 heteroatoms. The van der Waals surface area contributed by atoms with E-state index < -0.39 is 23.8 Å². The summed E-state index contributed by atoms with van der Waals surface area (Å²) in [4.78, 5) is 21.2. The molecule has 0 heterocycles. The Morgan fingerprint density at radius 1 is 1.00 bits per heavy atom. The van der Waals surface area contributed by atoms with Gasteiger partial charge in [-0.25, -0.2) is 9.59 Å². The minimum Gasteiger partial charge on any atom is -0.476 e. The van der Waals surface area contributed by atoms with Gasteiger partial charge < -0.3 is 19.7 Å². The van der Waals surface area contributed by atoms with Crippen LogP contribution in [0.15, 0.2) is 37.2 Å². The lowest BCUT2D eigenvalue weighted by Crippen LogP contribution is -2.10. The third-order valence-corrected chi connectivity index (χ3v) is 0.902. The number of carbonyl (C=O) groups excluding carboxylic acids is 2. The van der Waals surface area contributed by atoms with Crippen molar-refractivity contribution < 1.29 is 29.3 Å². The van der Waals surface area contributed by atoms with Gasteiger partial charge in [0.15, 0.2) is 0 Å². The first kappa shape index (κ1) is 11.8. The molecule has 0 rings (SSSR count). The number of ether oxygens (including phenoxy) is 2. The molecule has 2 N–H and O–H groups in total. The van der Waals surface area contributed by atoms with Crippen LogP contribution in [0.2, 0.25) is 0 Å². The zero-order valence-corrected chi connectivity index (χ0v) is 7.10. The first-order valence-electron chi connectivity index (χ1n) is 3.32. The smallest absolute Gasteiger partial charge is 0.380 e. The molecule has 0 aliphatic rings. The van der Waals surface area contributed by atoms with Gasteiger partial charge in [-0.05, 0) is 0 Å². The van der Waals surface area contributed by atoms with Crippen LogP contribution in [-0.2, 0) is 19.1 Å². The minimum absolute atomic E-state index is 0.755. The zero-order chi connectivity index (χ0) is 11.1. The summed E-state index contributed by atoms with van der Waals surface area (Å²) in [6.45, 7) is 6.10. The molecule has 0 bridgehead atoms. The molecule has 0 saturated carbocycles. The van der Waals surface area contributed by atoms with Gasteiger partial charge in [-0.15, -0.1) is 0 Å². The maximum absolute atomic E-state index is 10.6. The van der Waals surface area contributed by atoms with Gasteiger partial charge in [-0.3, -0.25) is 0 Å². The van der Waals surface area contributed by atoms with E-state index in [9.17, 15) is 9.59 Å². The first-order chi connectivity index (χ1) is 6.51. The Morgan fingerprint density at radius 2 is 1.36 bits per heavy atom. The summed E-state index contributed by atoms with van der Waals surface area (Å²) in [5.74, 6) is -4.47. The number of hydrogen-bond donors (Lipinski definition) is 2. The summed E-state index contributed by atoms with van der Waals surface area (Å²) >= 11 is 0. The van der Waals surface area contributed by atoms with Crippen molar-refractivity contribution in [1.29, 1.82) is 0 Å². The van der Waals surface area contributed by atoms with Crippen molar-refractivity contribution in [3.63, 3.8) is 0 Å². The molecule has 0 aromatic heterocycles. The van der Waals surface area contributed by atoms with Crippen molar-refractivity contribution in [1.82, 2.24) is 0 Å². The second-order valence-electron chi connectivity index (χ2n) is 1.86. The fraction of sp³-hybridized carbons (Fsp3) is 0. The molecule has 0 aliphatic heterocycles.